The second-order valence-corrected chi connectivity index (χ2v) is 14.1. The van der Waals surface area contributed by atoms with Gasteiger partial charge in [0.2, 0.25) is 11.8 Å². The molecule has 0 saturated heterocycles. The lowest BCUT2D eigenvalue weighted by molar-refractivity contribution is -0.149. The van der Waals surface area contributed by atoms with Gasteiger partial charge in [0.05, 0.1) is 0 Å². The van der Waals surface area contributed by atoms with Crippen molar-refractivity contribution in [3.8, 4) is 0 Å². The fourth-order valence-electron chi connectivity index (χ4n) is 5.12. The Morgan fingerprint density at radius 3 is 1.43 bits per heavy atom. The predicted molar refractivity (Wildman–Crippen MR) is 216 cm³/mol. The Kier molecular flexibility index (Phi) is 18.8. The predicted octanol–water partition coefficient (Wildman–Crippen LogP) is 4.34. The molecule has 0 heterocycles. The fourth-order valence-corrected chi connectivity index (χ4v) is 6.19. The Hall–Kier alpha value is -6.19. The average molecular weight is 813 g/mol. The summed E-state index contributed by atoms with van der Waals surface area (Å²) in [6, 6.07) is 31.4. The molecule has 4 rings (SSSR count). The molecule has 0 aliphatic rings. The molecule has 0 saturated carbocycles. The van der Waals surface area contributed by atoms with E-state index in [0.29, 0.717) is 0 Å². The second kappa shape index (κ2) is 24.4. The molecule has 306 valence electrons. The molecule has 14 nitrogen and oxygen atoms in total. The van der Waals surface area contributed by atoms with Gasteiger partial charge in [-0.25, -0.2) is 14.4 Å². The first-order chi connectivity index (χ1) is 28.1. The van der Waals surface area contributed by atoms with Crippen molar-refractivity contribution in [2.24, 2.45) is 5.73 Å². The third kappa shape index (κ3) is 16.5. The van der Waals surface area contributed by atoms with E-state index in [1.165, 1.54) is 6.92 Å². The summed E-state index contributed by atoms with van der Waals surface area (Å²) in [5.74, 6) is -3.64. The largest absolute Gasteiger partial charge is 0.460 e. The van der Waals surface area contributed by atoms with Gasteiger partial charge in [-0.2, -0.15) is 11.8 Å². The van der Waals surface area contributed by atoms with Crippen molar-refractivity contribution >= 4 is 47.6 Å². The molecule has 3 amide bonds. The summed E-state index contributed by atoms with van der Waals surface area (Å²) in [5.41, 5.74) is 9.01. The van der Waals surface area contributed by atoms with Crippen molar-refractivity contribution < 1.29 is 47.7 Å². The SMILES string of the molecule is C[C@@H](NC(=O)[C@@H](CSC[C@H](NC(=O)OCc1ccccc1)C(=O)OCc1ccccc1)NC(=O)CC[C@@H](N)C(=O)OCc1ccccc1)C(=O)OCc1ccccc1. The molecule has 0 aromatic heterocycles. The number of esters is 3. The number of carbonyl (C=O) groups excluding carboxylic acids is 6. The molecule has 4 atom stereocenters. The maximum atomic E-state index is 13.6. The molecular formula is C43H48N4O10S. The normalized spacial score (nSPS) is 12.7. The van der Waals surface area contributed by atoms with E-state index in [9.17, 15) is 28.8 Å². The number of rotatable bonds is 22. The Balaban J connectivity index is 1.38. The standard InChI is InChI=1S/C43H48N4O10S/c1-30(40(50)54-24-31-14-6-2-7-15-31)45-39(49)36(46-38(48)23-22-35(44)41(51)55-25-32-16-8-3-9-17-32)28-58-29-37(42(52)56-26-33-18-10-4-11-19-33)47-43(53)57-27-34-20-12-5-13-21-34/h2-21,30,35-37H,22-29,44H2,1H3,(H,45,49)(H,46,48)(H,47,53)/t30-,35-,36-,37+/m1/s1. The maximum absolute atomic E-state index is 13.6. The molecule has 15 heteroatoms. The molecule has 4 aromatic rings. The minimum Gasteiger partial charge on any atom is -0.460 e. The van der Waals surface area contributed by atoms with Crippen molar-refractivity contribution in [3.05, 3.63) is 144 Å². The zero-order valence-corrected chi connectivity index (χ0v) is 32.9. The third-order valence-electron chi connectivity index (χ3n) is 8.38. The van der Waals surface area contributed by atoms with E-state index in [0.717, 1.165) is 34.0 Å². The highest BCUT2D eigenvalue weighted by molar-refractivity contribution is 7.99. The van der Waals surface area contributed by atoms with Gasteiger partial charge in [0.15, 0.2) is 0 Å². The van der Waals surface area contributed by atoms with E-state index in [1.54, 1.807) is 84.9 Å². The summed E-state index contributed by atoms with van der Waals surface area (Å²) in [6.45, 7) is 1.36. The van der Waals surface area contributed by atoms with Gasteiger partial charge in [-0.05, 0) is 35.6 Å². The first-order valence-corrected chi connectivity index (χ1v) is 19.7. The van der Waals surface area contributed by atoms with Crippen LogP contribution in [0.25, 0.3) is 0 Å². The average Bonchev–Trinajstić information content (AvgIpc) is 3.25. The Bertz CT molecular complexity index is 1910. The smallest absolute Gasteiger partial charge is 0.408 e. The van der Waals surface area contributed by atoms with Crippen molar-refractivity contribution in [1.82, 2.24) is 16.0 Å². The van der Waals surface area contributed by atoms with Crippen molar-refractivity contribution in [2.45, 2.75) is 70.4 Å². The molecule has 0 radical (unpaired) electrons. The van der Waals surface area contributed by atoms with Crippen LogP contribution < -0.4 is 21.7 Å². The van der Waals surface area contributed by atoms with Gasteiger partial charge < -0.3 is 40.6 Å². The highest BCUT2D eigenvalue weighted by Crippen LogP contribution is 2.12. The molecule has 0 unspecified atom stereocenters. The minimum absolute atomic E-state index is 0.00746. The Morgan fingerprint density at radius 2 is 0.948 bits per heavy atom. The Labute approximate surface area is 341 Å². The van der Waals surface area contributed by atoms with Gasteiger partial charge in [0.25, 0.3) is 0 Å². The zero-order valence-electron chi connectivity index (χ0n) is 32.1. The number of ether oxygens (including phenoxy) is 4. The summed E-state index contributed by atoms with van der Waals surface area (Å²) in [6.07, 6.45) is -1.17. The molecule has 58 heavy (non-hydrogen) atoms. The van der Waals surface area contributed by atoms with Crippen LogP contribution in [0.1, 0.15) is 42.0 Å². The van der Waals surface area contributed by atoms with Gasteiger partial charge in [-0.3, -0.25) is 14.4 Å². The van der Waals surface area contributed by atoms with E-state index in [2.05, 4.69) is 16.0 Å². The van der Waals surface area contributed by atoms with Crippen molar-refractivity contribution in [1.29, 1.82) is 0 Å². The number of thioether (sulfide) groups is 1. The van der Waals surface area contributed by atoms with E-state index in [1.807, 2.05) is 36.4 Å². The zero-order chi connectivity index (χ0) is 41.5. The monoisotopic (exact) mass is 812 g/mol. The first kappa shape index (κ1) is 44.5. The van der Waals surface area contributed by atoms with Crippen LogP contribution in [0, 0.1) is 0 Å². The third-order valence-corrected chi connectivity index (χ3v) is 9.52. The number of hydrogen-bond acceptors (Lipinski definition) is 12. The van der Waals surface area contributed by atoms with Gasteiger partial charge in [-0.1, -0.05) is 121 Å². The number of benzene rings is 4. The van der Waals surface area contributed by atoms with Crippen LogP contribution in [0.5, 0.6) is 0 Å². The van der Waals surface area contributed by atoms with E-state index < -0.39 is 60.0 Å². The van der Waals surface area contributed by atoms with E-state index in [4.69, 9.17) is 24.7 Å². The number of carbonyl (C=O) groups is 6. The molecule has 0 aliphatic carbocycles. The number of alkyl carbamates (subject to hydrolysis) is 1. The van der Waals surface area contributed by atoms with Crippen molar-refractivity contribution in [3.63, 3.8) is 0 Å². The second-order valence-electron chi connectivity index (χ2n) is 13.1. The number of hydrogen-bond donors (Lipinski definition) is 4. The van der Waals surface area contributed by atoms with Crippen LogP contribution in [0.15, 0.2) is 121 Å². The summed E-state index contributed by atoms with van der Waals surface area (Å²) in [4.78, 5) is 78.1. The Morgan fingerprint density at radius 1 is 0.534 bits per heavy atom. The highest BCUT2D eigenvalue weighted by atomic mass is 32.2. The maximum Gasteiger partial charge on any atom is 0.408 e. The van der Waals surface area contributed by atoms with Crippen LogP contribution >= 0.6 is 11.8 Å². The van der Waals surface area contributed by atoms with Crippen molar-refractivity contribution in [2.75, 3.05) is 11.5 Å². The summed E-state index contributed by atoms with van der Waals surface area (Å²) < 4.78 is 21.5. The first-order valence-electron chi connectivity index (χ1n) is 18.6. The highest BCUT2D eigenvalue weighted by Gasteiger charge is 2.29. The molecular weight excluding hydrogens is 765 g/mol. The van der Waals surface area contributed by atoms with Crippen LogP contribution in [-0.4, -0.2) is 71.5 Å². The molecule has 4 aromatic carbocycles. The minimum atomic E-state index is -1.23. The van der Waals surface area contributed by atoms with E-state index in [-0.39, 0.29) is 50.8 Å². The molecule has 0 spiro atoms. The molecule has 0 fully saturated rings. The van der Waals surface area contributed by atoms with Gasteiger partial charge in [0, 0.05) is 17.9 Å². The van der Waals surface area contributed by atoms with Crippen LogP contribution in [-0.2, 0) is 69.3 Å². The van der Waals surface area contributed by atoms with Gasteiger partial charge in [0.1, 0.15) is 50.6 Å². The number of nitrogens with one attached hydrogen (secondary N) is 3. The molecule has 5 N–H and O–H groups in total. The molecule has 0 aliphatic heterocycles. The van der Waals surface area contributed by atoms with Crippen LogP contribution in [0.4, 0.5) is 4.79 Å². The van der Waals surface area contributed by atoms with Crippen LogP contribution in [0.3, 0.4) is 0 Å². The van der Waals surface area contributed by atoms with Crippen LogP contribution in [0.2, 0.25) is 0 Å². The van der Waals surface area contributed by atoms with Gasteiger partial charge >= 0.3 is 24.0 Å². The van der Waals surface area contributed by atoms with E-state index >= 15 is 0 Å². The quantitative estimate of drug-likeness (QED) is 0.0647. The summed E-state index contributed by atoms with van der Waals surface area (Å²) >= 11 is 1.06. The summed E-state index contributed by atoms with van der Waals surface area (Å²) in [7, 11) is 0. The van der Waals surface area contributed by atoms with Gasteiger partial charge in [-0.15, -0.1) is 0 Å². The number of amides is 3. The number of nitrogens with two attached hydrogens (primary N) is 1. The summed E-state index contributed by atoms with van der Waals surface area (Å²) in [5, 5.41) is 7.76. The lowest BCUT2D eigenvalue weighted by Gasteiger charge is -2.22. The fraction of sp³-hybridized carbons (Fsp3) is 0.302. The topological polar surface area (TPSA) is 201 Å². The molecule has 0 bridgehead atoms. The lowest BCUT2D eigenvalue weighted by Crippen LogP contribution is -2.52. The lowest BCUT2D eigenvalue weighted by atomic mass is 10.1.